The molecular formula is C14H17N3OS. The molecule has 0 saturated carbocycles. The van der Waals surface area contributed by atoms with Crippen molar-refractivity contribution in [1.82, 2.24) is 4.98 Å². The highest BCUT2D eigenvalue weighted by atomic mass is 32.1. The number of amides is 1. The molecule has 1 amide bonds. The first-order valence-electron chi connectivity index (χ1n) is 6.08. The monoisotopic (exact) mass is 275 g/mol. The van der Waals surface area contributed by atoms with Crippen LogP contribution in [0.4, 0.5) is 11.4 Å². The van der Waals surface area contributed by atoms with Crippen LogP contribution in [0.3, 0.4) is 0 Å². The van der Waals surface area contributed by atoms with Crippen LogP contribution < -0.4 is 10.6 Å². The standard InChI is InChI=1S/C14H17N3OS/c1-9-6-12(4-5-14(9)17-10(2)18)16-8-13-7-15-11(3)19-13/h4-7,16H,8H2,1-3H3,(H,17,18). The van der Waals surface area contributed by atoms with Gasteiger partial charge in [-0.25, -0.2) is 4.98 Å². The number of hydrogen-bond donors (Lipinski definition) is 2. The van der Waals surface area contributed by atoms with E-state index >= 15 is 0 Å². The second-order valence-corrected chi connectivity index (χ2v) is 5.73. The predicted molar refractivity (Wildman–Crippen MR) is 79.7 cm³/mol. The highest BCUT2D eigenvalue weighted by Crippen LogP contribution is 2.21. The molecule has 1 aromatic heterocycles. The molecule has 2 N–H and O–H groups in total. The first kappa shape index (κ1) is 13.5. The molecule has 0 aliphatic heterocycles. The lowest BCUT2D eigenvalue weighted by molar-refractivity contribution is -0.114. The Morgan fingerprint density at radius 1 is 1.37 bits per heavy atom. The van der Waals surface area contributed by atoms with E-state index in [1.54, 1.807) is 11.3 Å². The van der Waals surface area contributed by atoms with Gasteiger partial charge in [-0.2, -0.15) is 0 Å². The Balaban J connectivity index is 2.01. The summed E-state index contributed by atoms with van der Waals surface area (Å²) in [6.07, 6.45) is 1.89. The number of anilines is 2. The highest BCUT2D eigenvalue weighted by Gasteiger charge is 2.02. The molecule has 0 saturated heterocycles. The first-order valence-corrected chi connectivity index (χ1v) is 6.89. The molecule has 0 atom stereocenters. The Morgan fingerprint density at radius 2 is 2.16 bits per heavy atom. The van der Waals surface area contributed by atoms with Crippen LogP contribution in [0.15, 0.2) is 24.4 Å². The second kappa shape index (κ2) is 5.84. The van der Waals surface area contributed by atoms with Crippen LogP contribution in [0.5, 0.6) is 0 Å². The fourth-order valence-electron chi connectivity index (χ4n) is 1.78. The third kappa shape index (κ3) is 3.79. The molecular weight excluding hydrogens is 258 g/mol. The van der Waals surface area contributed by atoms with Crippen LogP contribution in [0.1, 0.15) is 22.4 Å². The summed E-state index contributed by atoms with van der Waals surface area (Å²) in [6, 6.07) is 5.91. The molecule has 19 heavy (non-hydrogen) atoms. The maximum atomic E-state index is 11.0. The van der Waals surface area contributed by atoms with Gasteiger partial charge in [0.25, 0.3) is 0 Å². The van der Waals surface area contributed by atoms with Crippen LogP contribution >= 0.6 is 11.3 Å². The summed E-state index contributed by atoms with van der Waals surface area (Å²) in [4.78, 5) is 16.5. The summed E-state index contributed by atoms with van der Waals surface area (Å²) < 4.78 is 0. The van der Waals surface area contributed by atoms with E-state index in [0.29, 0.717) is 0 Å². The van der Waals surface area contributed by atoms with Gasteiger partial charge in [-0.3, -0.25) is 4.79 Å². The van der Waals surface area contributed by atoms with Crippen molar-refractivity contribution in [2.75, 3.05) is 10.6 Å². The number of carbonyl (C=O) groups excluding carboxylic acids is 1. The summed E-state index contributed by atoms with van der Waals surface area (Å²) in [5.41, 5.74) is 2.94. The van der Waals surface area contributed by atoms with Crippen LogP contribution in [-0.2, 0) is 11.3 Å². The maximum absolute atomic E-state index is 11.0. The van der Waals surface area contributed by atoms with Gasteiger partial charge >= 0.3 is 0 Å². The van der Waals surface area contributed by atoms with Gasteiger partial charge in [0, 0.05) is 29.4 Å². The van der Waals surface area contributed by atoms with Gasteiger partial charge in [-0.05, 0) is 37.6 Å². The van der Waals surface area contributed by atoms with Crippen molar-refractivity contribution in [3.63, 3.8) is 0 Å². The zero-order valence-corrected chi connectivity index (χ0v) is 12.1. The van der Waals surface area contributed by atoms with Gasteiger partial charge in [0.05, 0.1) is 11.6 Å². The zero-order valence-electron chi connectivity index (χ0n) is 11.3. The number of aryl methyl sites for hydroxylation is 2. The number of aromatic nitrogens is 1. The van der Waals surface area contributed by atoms with Crippen LogP contribution in [-0.4, -0.2) is 10.9 Å². The minimum absolute atomic E-state index is 0.0519. The van der Waals surface area contributed by atoms with Gasteiger partial charge in [0.15, 0.2) is 0 Å². The van der Waals surface area contributed by atoms with Gasteiger partial charge in [-0.1, -0.05) is 0 Å². The summed E-state index contributed by atoms with van der Waals surface area (Å²) in [5, 5.41) is 7.23. The lowest BCUT2D eigenvalue weighted by atomic mass is 10.1. The topological polar surface area (TPSA) is 54.0 Å². The van der Waals surface area contributed by atoms with Crippen molar-refractivity contribution in [2.45, 2.75) is 27.3 Å². The van der Waals surface area contributed by atoms with Crippen molar-refractivity contribution in [1.29, 1.82) is 0 Å². The van der Waals surface area contributed by atoms with Gasteiger partial charge in [0.1, 0.15) is 0 Å². The van der Waals surface area contributed by atoms with Crippen molar-refractivity contribution in [3.05, 3.63) is 39.8 Å². The van der Waals surface area contributed by atoms with E-state index < -0.39 is 0 Å². The number of carbonyl (C=O) groups is 1. The number of hydrogen-bond acceptors (Lipinski definition) is 4. The molecule has 0 spiro atoms. The number of nitrogens with zero attached hydrogens (tertiary/aromatic N) is 1. The molecule has 0 radical (unpaired) electrons. The van der Waals surface area contributed by atoms with E-state index in [1.807, 2.05) is 38.2 Å². The molecule has 100 valence electrons. The molecule has 0 bridgehead atoms. The third-order valence-electron chi connectivity index (χ3n) is 2.67. The Morgan fingerprint density at radius 3 is 2.74 bits per heavy atom. The van der Waals surface area contributed by atoms with Gasteiger partial charge in [0.2, 0.25) is 5.91 Å². The van der Waals surface area contributed by atoms with Crippen LogP contribution in [0.25, 0.3) is 0 Å². The van der Waals surface area contributed by atoms with Gasteiger partial charge in [-0.15, -0.1) is 11.3 Å². The van der Waals surface area contributed by atoms with E-state index in [9.17, 15) is 4.79 Å². The Labute approximate surface area is 116 Å². The van der Waals surface area contributed by atoms with Crippen molar-refractivity contribution >= 4 is 28.6 Å². The average molecular weight is 275 g/mol. The number of benzene rings is 1. The van der Waals surface area contributed by atoms with E-state index in [4.69, 9.17) is 0 Å². The molecule has 2 aromatic rings. The lowest BCUT2D eigenvalue weighted by Gasteiger charge is -2.10. The largest absolute Gasteiger partial charge is 0.380 e. The van der Waals surface area contributed by atoms with Crippen molar-refractivity contribution < 1.29 is 4.79 Å². The minimum atomic E-state index is -0.0519. The predicted octanol–water partition coefficient (Wildman–Crippen LogP) is 3.33. The maximum Gasteiger partial charge on any atom is 0.221 e. The van der Waals surface area contributed by atoms with E-state index in [-0.39, 0.29) is 5.91 Å². The van der Waals surface area contributed by atoms with E-state index in [0.717, 1.165) is 28.5 Å². The zero-order chi connectivity index (χ0) is 13.8. The second-order valence-electron chi connectivity index (χ2n) is 4.41. The van der Waals surface area contributed by atoms with Crippen LogP contribution in [0.2, 0.25) is 0 Å². The van der Waals surface area contributed by atoms with Gasteiger partial charge < -0.3 is 10.6 Å². The lowest BCUT2D eigenvalue weighted by Crippen LogP contribution is -2.07. The Hall–Kier alpha value is -1.88. The summed E-state index contributed by atoms with van der Waals surface area (Å²) >= 11 is 1.69. The van der Waals surface area contributed by atoms with E-state index in [1.165, 1.54) is 11.8 Å². The average Bonchev–Trinajstić information content (AvgIpc) is 2.75. The molecule has 0 aliphatic carbocycles. The molecule has 1 aromatic carbocycles. The SMILES string of the molecule is CC(=O)Nc1ccc(NCc2cnc(C)s2)cc1C. The molecule has 0 aliphatic rings. The molecule has 5 heteroatoms. The highest BCUT2D eigenvalue weighted by molar-refractivity contribution is 7.11. The molecule has 1 heterocycles. The number of rotatable bonds is 4. The summed E-state index contributed by atoms with van der Waals surface area (Å²) in [5.74, 6) is -0.0519. The smallest absolute Gasteiger partial charge is 0.221 e. The molecule has 0 unspecified atom stereocenters. The van der Waals surface area contributed by atoms with Crippen molar-refractivity contribution in [2.24, 2.45) is 0 Å². The number of thiazole rings is 1. The first-order chi connectivity index (χ1) is 9.04. The fraction of sp³-hybridized carbons (Fsp3) is 0.286. The minimum Gasteiger partial charge on any atom is -0.380 e. The summed E-state index contributed by atoms with van der Waals surface area (Å²) in [6.45, 7) is 6.26. The van der Waals surface area contributed by atoms with Crippen molar-refractivity contribution in [3.8, 4) is 0 Å². The quantitative estimate of drug-likeness (QED) is 0.900. The summed E-state index contributed by atoms with van der Waals surface area (Å²) in [7, 11) is 0. The normalized spacial score (nSPS) is 10.3. The molecule has 0 fully saturated rings. The number of nitrogens with one attached hydrogen (secondary N) is 2. The third-order valence-corrected chi connectivity index (χ3v) is 3.59. The molecule has 2 rings (SSSR count). The van der Waals surface area contributed by atoms with Crippen LogP contribution in [0, 0.1) is 13.8 Å². The van der Waals surface area contributed by atoms with E-state index in [2.05, 4.69) is 15.6 Å². The Bertz CT molecular complexity index is 592. The fourth-order valence-corrected chi connectivity index (χ4v) is 2.51. The Kier molecular flexibility index (Phi) is 4.16. The molecule has 4 nitrogen and oxygen atoms in total.